The maximum Gasteiger partial charge on any atom is 0.167 e. The quantitative estimate of drug-likeness (QED) is 0.667. The van der Waals surface area contributed by atoms with Crippen molar-refractivity contribution in [2.45, 2.75) is 6.42 Å². The molecule has 1 heteroatoms. The highest BCUT2D eigenvalue weighted by molar-refractivity contribution is 6.24. The summed E-state index contributed by atoms with van der Waals surface area (Å²) in [6.07, 6.45) is 7.99. The second kappa shape index (κ2) is 3.19. The zero-order valence-electron chi connectivity index (χ0n) is 9.54. The molecule has 2 bridgehead atoms. The van der Waals surface area contributed by atoms with E-state index in [0.29, 0.717) is 23.5 Å². The van der Waals surface area contributed by atoms with Gasteiger partial charge in [-0.05, 0) is 29.7 Å². The van der Waals surface area contributed by atoms with Crippen LogP contribution in [0.5, 0.6) is 0 Å². The van der Waals surface area contributed by atoms with Gasteiger partial charge in [0.15, 0.2) is 5.78 Å². The second-order valence-corrected chi connectivity index (χ2v) is 5.36. The Labute approximate surface area is 101 Å². The first kappa shape index (κ1) is 9.41. The molecule has 3 aliphatic carbocycles. The van der Waals surface area contributed by atoms with Crippen LogP contribution in [0.2, 0.25) is 0 Å². The predicted molar refractivity (Wildman–Crippen MR) is 67.1 cm³/mol. The number of hydrogen-bond acceptors (Lipinski definition) is 1. The van der Waals surface area contributed by atoms with Crippen LogP contribution >= 0.6 is 0 Å². The summed E-state index contributed by atoms with van der Waals surface area (Å²) in [5.41, 5.74) is 2.05. The first-order valence-corrected chi connectivity index (χ1v) is 6.34. The first-order valence-electron chi connectivity index (χ1n) is 6.34. The molecule has 4 rings (SSSR count). The molecule has 0 N–H and O–H groups in total. The molecule has 17 heavy (non-hydrogen) atoms. The van der Waals surface area contributed by atoms with Gasteiger partial charge in [-0.2, -0.15) is 0 Å². The van der Waals surface area contributed by atoms with E-state index in [9.17, 15) is 4.79 Å². The lowest BCUT2D eigenvalue weighted by molar-refractivity contribution is -0.117. The molecule has 1 fully saturated rings. The minimum atomic E-state index is 0.250. The topological polar surface area (TPSA) is 17.1 Å². The highest BCUT2D eigenvalue weighted by Crippen LogP contribution is 2.54. The molecule has 4 atom stereocenters. The van der Waals surface area contributed by atoms with Crippen LogP contribution in [-0.4, -0.2) is 5.78 Å². The third-order valence-electron chi connectivity index (χ3n) is 4.53. The van der Waals surface area contributed by atoms with Crippen molar-refractivity contribution in [2.24, 2.45) is 23.7 Å². The number of rotatable bonds is 1. The molecule has 1 aromatic rings. The zero-order chi connectivity index (χ0) is 11.4. The Hall–Kier alpha value is -1.63. The minimum Gasteiger partial charge on any atom is -0.294 e. The molecule has 1 aromatic carbocycles. The number of Topliss-reactive ketones (excluding diaryl/α,β-unsaturated/α-hetero) is 1. The van der Waals surface area contributed by atoms with E-state index in [2.05, 4.69) is 18.2 Å². The molecule has 0 amide bonds. The van der Waals surface area contributed by atoms with E-state index in [-0.39, 0.29) is 5.92 Å². The normalized spacial score (nSPS) is 37.4. The highest BCUT2D eigenvalue weighted by atomic mass is 16.1. The molecule has 0 radical (unpaired) electrons. The van der Waals surface area contributed by atoms with Gasteiger partial charge in [0.1, 0.15) is 0 Å². The van der Waals surface area contributed by atoms with Crippen molar-refractivity contribution in [3.8, 4) is 0 Å². The number of carbonyl (C=O) groups excluding carboxylic acids is 1. The molecule has 0 aromatic heterocycles. The van der Waals surface area contributed by atoms with Crippen molar-refractivity contribution in [1.82, 2.24) is 0 Å². The molecule has 0 spiro atoms. The summed E-state index contributed by atoms with van der Waals surface area (Å²) in [4.78, 5) is 12.5. The van der Waals surface area contributed by atoms with Crippen molar-refractivity contribution >= 4 is 11.4 Å². The lowest BCUT2D eigenvalue weighted by Crippen LogP contribution is -2.20. The third-order valence-corrected chi connectivity index (χ3v) is 4.53. The van der Waals surface area contributed by atoms with Gasteiger partial charge in [-0.25, -0.2) is 0 Å². The average molecular weight is 222 g/mol. The number of hydrogen-bond donors (Lipinski definition) is 0. The van der Waals surface area contributed by atoms with E-state index in [0.717, 1.165) is 11.1 Å². The first-order chi connectivity index (χ1) is 8.34. The molecule has 0 saturated heterocycles. The summed E-state index contributed by atoms with van der Waals surface area (Å²) in [7, 11) is 0. The summed E-state index contributed by atoms with van der Waals surface area (Å²) in [5, 5.41) is 0. The Kier molecular flexibility index (Phi) is 1.77. The largest absolute Gasteiger partial charge is 0.294 e. The Balaban J connectivity index is 1.77. The third kappa shape index (κ3) is 1.17. The van der Waals surface area contributed by atoms with Gasteiger partial charge in [0.2, 0.25) is 0 Å². The van der Waals surface area contributed by atoms with Crippen LogP contribution in [-0.2, 0) is 4.79 Å². The van der Waals surface area contributed by atoms with Crippen molar-refractivity contribution in [3.05, 3.63) is 54.1 Å². The predicted octanol–water partition coefficient (Wildman–Crippen LogP) is 3.09. The number of carbonyl (C=O) groups is 1. The number of allylic oxidation sites excluding steroid dienone is 4. The molecular formula is C16H14O. The van der Waals surface area contributed by atoms with E-state index in [1.807, 2.05) is 30.3 Å². The van der Waals surface area contributed by atoms with Gasteiger partial charge in [-0.3, -0.25) is 4.79 Å². The van der Waals surface area contributed by atoms with Gasteiger partial charge >= 0.3 is 0 Å². The second-order valence-electron chi connectivity index (χ2n) is 5.36. The van der Waals surface area contributed by atoms with E-state index >= 15 is 0 Å². The highest BCUT2D eigenvalue weighted by Gasteiger charge is 2.51. The van der Waals surface area contributed by atoms with Gasteiger partial charge in [-0.15, -0.1) is 0 Å². The van der Waals surface area contributed by atoms with Crippen molar-refractivity contribution in [2.75, 3.05) is 0 Å². The number of ketones is 1. The summed E-state index contributed by atoms with van der Waals surface area (Å²) >= 11 is 0. The van der Waals surface area contributed by atoms with Crippen LogP contribution < -0.4 is 0 Å². The van der Waals surface area contributed by atoms with E-state index in [4.69, 9.17) is 0 Å². The zero-order valence-corrected chi connectivity index (χ0v) is 9.54. The average Bonchev–Trinajstić information content (AvgIpc) is 3.03. The Morgan fingerprint density at radius 3 is 2.53 bits per heavy atom. The standard InChI is InChI=1S/C16H14O/c17-16-14(10-4-2-1-3-5-10)9-13-11-6-7-12(8-11)15(13)16/h1-7,9,11-13,15H,8H2/t11-,12+,13+,15-/m1/s1. The Morgan fingerprint density at radius 2 is 1.76 bits per heavy atom. The fourth-order valence-corrected chi connectivity index (χ4v) is 3.77. The smallest absolute Gasteiger partial charge is 0.167 e. The van der Waals surface area contributed by atoms with Gasteiger partial charge in [0.25, 0.3) is 0 Å². The van der Waals surface area contributed by atoms with Crippen LogP contribution in [0.25, 0.3) is 5.57 Å². The summed E-state index contributed by atoms with van der Waals surface area (Å²) in [6, 6.07) is 10.1. The van der Waals surface area contributed by atoms with Crippen molar-refractivity contribution in [3.63, 3.8) is 0 Å². The van der Waals surface area contributed by atoms with Crippen LogP contribution in [0.4, 0.5) is 0 Å². The van der Waals surface area contributed by atoms with E-state index < -0.39 is 0 Å². The summed E-state index contributed by atoms with van der Waals surface area (Å²) < 4.78 is 0. The monoisotopic (exact) mass is 222 g/mol. The lowest BCUT2D eigenvalue weighted by Gasteiger charge is -2.17. The van der Waals surface area contributed by atoms with E-state index in [1.165, 1.54) is 6.42 Å². The summed E-state index contributed by atoms with van der Waals surface area (Å²) in [6.45, 7) is 0. The minimum absolute atomic E-state index is 0.250. The number of benzene rings is 1. The van der Waals surface area contributed by atoms with Crippen LogP contribution in [0.15, 0.2) is 48.6 Å². The van der Waals surface area contributed by atoms with Gasteiger partial charge in [-0.1, -0.05) is 48.6 Å². The lowest BCUT2D eigenvalue weighted by atomic mass is 9.84. The fraction of sp³-hybridized carbons (Fsp3) is 0.312. The van der Waals surface area contributed by atoms with Crippen LogP contribution in [0, 0.1) is 23.7 Å². The Bertz CT molecular complexity index is 538. The molecule has 1 nitrogen and oxygen atoms in total. The summed E-state index contributed by atoms with van der Waals surface area (Å²) in [5.74, 6) is 2.23. The van der Waals surface area contributed by atoms with Crippen LogP contribution in [0.3, 0.4) is 0 Å². The molecular weight excluding hydrogens is 208 g/mol. The molecule has 0 aliphatic heterocycles. The van der Waals surface area contributed by atoms with E-state index in [1.54, 1.807) is 0 Å². The maximum absolute atomic E-state index is 12.5. The fourth-order valence-electron chi connectivity index (χ4n) is 3.77. The molecule has 0 heterocycles. The van der Waals surface area contributed by atoms with Gasteiger partial charge in [0.05, 0.1) is 0 Å². The molecule has 0 unspecified atom stereocenters. The molecule has 1 saturated carbocycles. The van der Waals surface area contributed by atoms with Gasteiger partial charge in [0, 0.05) is 11.5 Å². The maximum atomic E-state index is 12.5. The van der Waals surface area contributed by atoms with Gasteiger partial charge < -0.3 is 0 Å². The van der Waals surface area contributed by atoms with Crippen LogP contribution in [0.1, 0.15) is 12.0 Å². The number of fused-ring (bicyclic) bond motifs is 5. The van der Waals surface area contributed by atoms with Crippen molar-refractivity contribution < 1.29 is 4.79 Å². The SMILES string of the molecule is O=C1C(c2ccccc2)=C[C@@H]2[C@H]1[C@H]1C=C[C@@H]2C1. The van der Waals surface area contributed by atoms with Crippen molar-refractivity contribution in [1.29, 1.82) is 0 Å². The molecule has 3 aliphatic rings. The Morgan fingerprint density at radius 1 is 1.00 bits per heavy atom. The molecule has 84 valence electrons.